The Bertz CT molecular complexity index is 3990. The third kappa shape index (κ3) is 5.94. The van der Waals surface area contributed by atoms with E-state index in [2.05, 4.69) is 203 Å². The average Bonchev–Trinajstić information content (AvgIpc) is 3.94. The summed E-state index contributed by atoms with van der Waals surface area (Å²) in [6.07, 6.45) is 35.1. The first kappa shape index (κ1) is 39.8. The Balaban J connectivity index is 0.949. The van der Waals surface area contributed by atoms with E-state index in [4.69, 9.17) is 15.0 Å². The Morgan fingerprint density at radius 3 is 2.27 bits per heavy atom. The van der Waals surface area contributed by atoms with Gasteiger partial charge in [-0.25, -0.2) is 15.0 Å². The van der Waals surface area contributed by atoms with E-state index in [-0.39, 0.29) is 17.8 Å². The molecule has 334 valence electrons. The lowest BCUT2D eigenvalue weighted by Gasteiger charge is -2.33. The van der Waals surface area contributed by atoms with Crippen molar-refractivity contribution in [2.24, 2.45) is 11.8 Å². The van der Waals surface area contributed by atoms with Crippen LogP contribution in [0, 0.1) is 11.8 Å². The van der Waals surface area contributed by atoms with Crippen molar-refractivity contribution in [2.45, 2.75) is 50.9 Å². The standard InChI is InChI=1S/C65H49N5/c1-2-19-41(20-3-1)63-66-64(68-65(67-63)55-38-42-21-5-7-23-44(42)47-26-10-11-27-48(47)55)53-32-16-31-50-49(53)30-17-35-56(50)69-58-34-15-13-29-54(58)60-59(69)39-43-22-6-9-25-46(43)62(60)70-57-33-14-12-28-51(57)52-37-36-40-18-4-8-24-45(40)61(52)70/h1-3,5-14,17,19-30,33,35-39,47-48,50H,4,15-16,18,31-32,34H2. The normalized spacial score (nSPS) is 19.9. The third-order valence-electron chi connectivity index (χ3n) is 16.1. The van der Waals surface area contributed by atoms with Gasteiger partial charge in [-0.3, -0.25) is 0 Å². The van der Waals surface area contributed by atoms with Crippen LogP contribution >= 0.6 is 0 Å². The number of rotatable bonds is 5. The van der Waals surface area contributed by atoms with E-state index in [1.54, 1.807) is 0 Å². The van der Waals surface area contributed by atoms with Gasteiger partial charge in [0.2, 0.25) is 0 Å². The topological polar surface area (TPSA) is 48.5 Å². The molecule has 3 unspecified atom stereocenters. The van der Waals surface area contributed by atoms with Crippen molar-refractivity contribution in [1.82, 2.24) is 24.1 Å². The summed E-state index contributed by atoms with van der Waals surface area (Å²) in [5, 5.41) is 6.45. The van der Waals surface area contributed by atoms with Gasteiger partial charge in [-0.1, -0.05) is 170 Å². The maximum absolute atomic E-state index is 5.54. The smallest absolute Gasteiger partial charge is 0.164 e. The van der Waals surface area contributed by atoms with E-state index in [0.717, 1.165) is 73.6 Å². The number of fused-ring (bicyclic) bond motifs is 13. The first-order chi connectivity index (χ1) is 34.7. The molecule has 0 amide bonds. The zero-order valence-corrected chi connectivity index (χ0v) is 38.9. The molecule has 0 aliphatic heterocycles. The average molecular weight is 900 g/mol. The van der Waals surface area contributed by atoms with E-state index >= 15 is 0 Å². The van der Waals surface area contributed by atoms with E-state index in [9.17, 15) is 0 Å². The fourth-order valence-electron chi connectivity index (χ4n) is 13.1. The molecule has 5 nitrogen and oxygen atoms in total. The number of para-hydroxylation sites is 1. The van der Waals surface area contributed by atoms with Crippen molar-refractivity contribution < 1.29 is 0 Å². The maximum atomic E-state index is 5.54. The van der Waals surface area contributed by atoms with Gasteiger partial charge in [0.25, 0.3) is 0 Å². The Hall–Kier alpha value is -8.15. The summed E-state index contributed by atoms with van der Waals surface area (Å²) in [6.45, 7) is 0. The minimum Gasteiger partial charge on any atom is -0.316 e. The summed E-state index contributed by atoms with van der Waals surface area (Å²) in [4.78, 5) is 16.3. The van der Waals surface area contributed by atoms with Crippen LogP contribution < -0.4 is 0 Å². The maximum Gasteiger partial charge on any atom is 0.164 e. The Labute approximate surface area is 407 Å². The molecule has 0 spiro atoms. The molecule has 3 heterocycles. The van der Waals surface area contributed by atoms with Crippen LogP contribution in [0.1, 0.15) is 83.2 Å². The summed E-state index contributed by atoms with van der Waals surface area (Å²) in [7, 11) is 0. The van der Waals surface area contributed by atoms with Gasteiger partial charge in [-0.05, 0) is 96.9 Å². The fourth-order valence-corrected chi connectivity index (χ4v) is 13.1. The molecule has 3 atom stereocenters. The molecule has 0 N–H and O–H groups in total. The predicted molar refractivity (Wildman–Crippen MR) is 290 cm³/mol. The molecule has 3 aromatic heterocycles. The van der Waals surface area contributed by atoms with Crippen molar-refractivity contribution in [1.29, 1.82) is 0 Å². The second-order valence-corrected chi connectivity index (χ2v) is 19.9. The minimum atomic E-state index is 0.132. The molecule has 6 aliphatic rings. The van der Waals surface area contributed by atoms with E-state index in [0.29, 0.717) is 0 Å². The zero-order chi connectivity index (χ0) is 45.9. The lowest BCUT2D eigenvalue weighted by molar-refractivity contribution is 0.606. The number of hydrogen-bond acceptors (Lipinski definition) is 3. The van der Waals surface area contributed by atoms with Crippen LogP contribution in [0.5, 0.6) is 0 Å². The van der Waals surface area contributed by atoms with Crippen molar-refractivity contribution in [3.05, 3.63) is 227 Å². The quantitative estimate of drug-likeness (QED) is 0.173. The summed E-state index contributed by atoms with van der Waals surface area (Å²) >= 11 is 0. The predicted octanol–water partition coefficient (Wildman–Crippen LogP) is 15.7. The van der Waals surface area contributed by atoms with Crippen LogP contribution in [-0.2, 0) is 12.8 Å². The number of aromatic nitrogens is 5. The molecule has 0 saturated heterocycles. The van der Waals surface area contributed by atoms with Crippen LogP contribution in [-0.4, -0.2) is 24.1 Å². The summed E-state index contributed by atoms with van der Waals surface area (Å²) < 4.78 is 5.33. The van der Waals surface area contributed by atoms with Gasteiger partial charge < -0.3 is 9.13 Å². The Morgan fingerprint density at radius 1 is 0.571 bits per heavy atom. The molecule has 0 fully saturated rings. The van der Waals surface area contributed by atoms with Gasteiger partial charge in [0.15, 0.2) is 17.5 Å². The van der Waals surface area contributed by atoms with Crippen LogP contribution in [0.3, 0.4) is 0 Å². The largest absolute Gasteiger partial charge is 0.316 e. The molecule has 70 heavy (non-hydrogen) atoms. The minimum absolute atomic E-state index is 0.132. The van der Waals surface area contributed by atoms with Gasteiger partial charge >= 0.3 is 0 Å². The number of hydrogen-bond donors (Lipinski definition) is 0. The van der Waals surface area contributed by atoms with Crippen molar-refractivity contribution in [3.63, 3.8) is 0 Å². The Kier molecular flexibility index (Phi) is 8.92. The monoisotopic (exact) mass is 899 g/mol. The molecular formula is C65H49N5. The van der Waals surface area contributed by atoms with Crippen LogP contribution in [0.25, 0.3) is 95.6 Å². The summed E-state index contributed by atoms with van der Waals surface area (Å²) in [6, 6.07) is 44.6. The SMILES string of the molecule is C1=CC2=C(c3nc(C4=Cc5ccccc5C5C=CC=CC45)nc(-c4ccccc4)n3)CCCC2C(n2c3c(c4c(-n5c6ccccc6c6ccc7c(c65)C=CCC7)c5ccccc5cc42)C=CCC3)=C1. The van der Waals surface area contributed by atoms with Gasteiger partial charge in [-0.2, -0.15) is 0 Å². The highest BCUT2D eigenvalue weighted by atomic mass is 15.1. The van der Waals surface area contributed by atoms with E-state index in [1.807, 2.05) is 0 Å². The summed E-state index contributed by atoms with van der Waals surface area (Å²) in [5.41, 5.74) is 19.2. The highest BCUT2D eigenvalue weighted by Crippen LogP contribution is 2.50. The lowest BCUT2D eigenvalue weighted by Crippen LogP contribution is -2.22. The summed E-state index contributed by atoms with van der Waals surface area (Å²) in [5.74, 6) is 2.79. The molecule has 15 rings (SSSR count). The van der Waals surface area contributed by atoms with E-state index in [1.165, 1.54) is 99.5 Å². The van der Waals surface area contributed by atoms with Crippen LogP contribution in [0.2, 0.25) is 0 Å². The van der Waals surface area contributed by atoms with Crippen LogP contribution in [0.4, 0.5) is 0 Å². The van der Waals surface area contributed by atoms with Crippen molar-refractivity contribution >= 4 is 78.6 Å². The molecular weight excluding hydrogens is 851 g/mol. The number of benzene rings is 6. The van der Waals surface area contributed by atoms with Gasteiger partial charge in [0.05, 0.1) is 22.2 Å². The van der Waals surface area contributed by atoms with Crippen LogP contribution in [0.15, 0.2) is 182 Å². The highest BCUT2D eigenvalue weighted by molar-refractivity contribution is 6.18. The molecule has 5 heteroatoms. The van der Waals surface area contributed by atoms with Gasteiger partial charge in [0.1, 0.15) is 0 Å². The second kappa shape index (κ2) is 15.7. The molecule has 0 bridgehead atoms. The number of nitrogens with zero attached hydrogens (tertiary/aromatic N) is 5. The highest BCUT2D eigenvalue weighted by Gasteiger charge is 2.36. The molecule has 0 saturated carbocycles. The molecule has 6 aromatic carbocycles. The van der Waals surface area contributed by atoms with Gasteiger partial charge in [0, 0.05) is 78.5 Å². The molecule has 9 aromatic rings. The first-order valence-electron chi connectivity index (χ1n) is 25.3. The molecule has 6 aliphatic carbocycles. The first-order valence-corrected chi connectivity index (χ1v) is 25.3. The Morgan fingerprint density at radius 2 is 1.34 bits per heavy atom. The lowest BCUT2D eigenvalue weighted by atomic mass is 9.72. The van der Waals surface area contributed by atoms with Crippen molar-refractivity contribution in [3.8, 4) is 17.1 Å². The third-order valence-corrected chi connectivity index (χ3v) is 16.1. The second-order valence-electron chi connectivity index (χ2n) is 19.9. The molecule has 0 radical (unpaired) electrons. The fraction of sp³-hybridized carbons (Fsp3) is 0.154. The van der Waals surface area contributed by atoms with Crippen molar-refractivity contribution in [2.75, 3.05) is 0 Å². The zero-order valence-electron chi connectivity index (χ0n) is 38.9. The van der Waals surface area contributed by atoms with Gasteiger partial charge in [-0.15, -0.1) is 0 Å². The number of allylic oxidation sites excluding steroid dienone is 13. The number of aryl methyl sites for hydroxylation is 1. The van der Waals surface area contributed by atoms with E-state index < -0.39 is 0 Å².